The van der Waals surface area contributed by atoms with Gasteiger partial charge in [0.2, 0.25) is 0 Å². The number of unbranched alkanes of at least 4 members (excludes halogenated alkanes) is 2. The minimum absolute atomic E-state index is 0.0995. The second-order valence-electron chi connectivity index (χ2n) is 4.64. The zero-order chi connectivity index (χ0) is 12.5. The molecule has 17 heavy (non-hydrogen) atoms. The van der Waals surface area contributed by atoms with Gasteiger partial charge in [0.25, 0.3) is 0 Å². The van der Waals surface area contributed by atoms with Gasteiger partial charge >= 0.3 is 0 Å². The third-order valence-electron chi connectivity index (χ3n) is 2.97. The van der Waals surface area contributed by atoms with Crippen LogP contribution < -0.4 is 5.32 Å². The van der Waals surface area contributed by atoms with Crippen molar-refractivity contribution < 1.29 is 4.39 Å². The summed E-state index contributed by atoms with van der Waals surface area (Å²) in [6, 6.07) is 5.44. The Morgan fingerprint density at radius 3 is 2.65 bits per heavy atom. The standard InChI is InChI=1S/C15H24FN/c1-3-10-17-11-6-4-5-7-14-8-9-15(16)13(2)12-14/h8-9,12,17H,3-7,10-11H2,1-2H3. The molecule has 0 radical (unpaired) electrons. The van der Waals surface area contributed by atoms with E-state index in [0.717, 1.165) is 25.1 Å². The molecular weight excluding hydrogens is 213 g/mol. The van der Waals surface area contributed by atoms with Crippen LogP contribution in [0.1, 0.15) is 43.7 Å². The first-order valence-electron chi connectivity index (χ1n) is 6.69. The van der Waals surface area contributed by atoms with Gasteiger partial charge < -0.3 is 5.32 Å². The van der Waals surface area contributed by atoms with Gasteiger partial charge in [-0.05, 0) is 62.9 Å². The van der Waals surface area contributed by atoms with Gasteiger partial charge in [0.05, 0.1) is 0 Å². The molecule has 0 unspecified atom stereocenters. The number of halogens is 1. The highest BCUT2D eigenvalue weighted by Gasteiger charge is 1.99. The van der Waals surface area contributed by atoms with Gasteiger partial charge in [0, 0.05) is 0 Å². The molecule has 0 heterocycles. The summed E-state index contributed by atoms with van der Waals surface area (Å²) < 4.78 is 13.1. The lowest BCUT2D eigenvalue weighted by molar-refractivity contribution is 0.597. The molecule has 0 spiro atoms. The van der Waals surface area contributed by atoms with Crippen molar-refractivity contribution in [2.75, 3.05) is 13.1 Å². The Labute approximate surface area is 104 Å². The van der Waals surface area contributed by atoms with E-state index < -0.39 is 0 Å². The van der Waals surface area contributed by atoms with E-state index in [0.29, 0.717) is 0 Å². The first-order chi connectivity index (χ1) is 8.24. The van der Waals surface area contributed by atoms with E-state index >= 15 is 0 Å². The van der Waals surface area contributed by atoms with Crippen LogP contribution in [0.15, 0.2) is 18.2 Å². The third kappa shape index (κ3) is 5.83. The molecule has 0 saturated heterocycles. The predicted molar refractivity (Wildman–Crippen MR) is 71.9 cm³/mol. The first-order valence-corrected chi connectivity index (χ1v) is 6.69. The molecule has 0 bridgehead atoms. The summed E-state index contributed by atoms with van der Waals surface area (Å²) in [5.41, 5.74) is 2.01. The summed E-state index contributed by atoms with van der Waals surface area (Å²) in [6.45, 7) is 6.25. The summed E-state index contributed by atoms with van der Waals surface area (Å²) in [4.78, 5) is 0. The predicted octanol–water partition coefficient (Wildman–Crippen LogP) is 3.85. The summed E-state index contributed by atoms with van der Waals surface area (Å²) in [5.74, 6) is -0.0995. The van der Waals surface area contributed by atoms with Crippen LogP contribution in [0.4, 0.5) is 4.39 Å². The number of nitrogens with one attached hydrogen (secondary N) is 1. The van der Waals surface area contributed by atoms with Gasteiger partial charge in [0.15, 0.2) is 0 Å². The Morgan fingerprint density at radius 2 is 1.94 bits per heavy atom. The Bertz CT molecular complexity index is 323. The largest absolute Gasteiger partial charge is 0.317 e. The molecule has 1 nitrogen and oxygen atoms in total. The lowest BCUT2D eigenvalue weighted by Crippen LogP contribution is -2.15. The van der Waals surface area contributed by atoms with Crippen LogP contribution in [0.5, 0.6) is 0 Å². The smallest absolute Gasteiger partial charge is 0.126 e. The lowest BCUT2D eigenvalue weighted by Gasteiger charge is -2.05. The summed E-state index contributed by atoms with van der Waals surface area (Å²) in [5, 5.41) is 3.40. The van der Waals surface area contributed by atoms with Crippen molar-refractivity contribution in [1.29, 1.82) is 0 Å². The fraction of sp³-hybridized carbons (Fsp3) is 0.600. The molecule has 0 fully saturated rings. The second kappa shape index (κ2) is 8.24. The van der Waals surface area contributed by atoms with Gasteiger partial charge in [0.1, 0.15) is 5.82 Å². The maximum atomic E-state index is 13.1. The van der Waals surface area contributed by atoms with Crippen molar-refractivity contribution in [2.24, 2.45) is 0 Å². The first kappa shape index (κ1) is 14.2. The van der Waals surface area contributed by atoms with Gasteiger partial charge in [-0.2, -0.15) is 0 Å². The zero-order valence-corrected chi connectivity index (χ0v) is 11.1. The molecule has 1 aromatic rings. The van der Waals surface area contributed by atoms with E-state index in [9.17, 15) is 4.39 Å². The van der Waals surface area contributed by atoms with E-state index in [1.165, 1.54) is 31.2 Å². The van der Waals surface area contributed by atoms with Crippen molar-refractivity contribution in [1.82, 2.24) is 5.32 Å². The van der Waals surface area contributed by atoms with E-state index in [4.69, 9.17) is 0 Å². The normalized spacial score (nSPS) is 10.8. The molecular formula is C15H24FN. The van der Waals surface area contributed by atoms with Crippen LogP contribution in [0, 0.1) is 12.7 Å². The molecule has 0 amide bonds. The number of benzene rings is 1. The van der Waals surface area contributed by atoms with Crippen LogP contribution in [0.25, 0.3) is 0 Å². The van der Waals surface area contributed by atoms with E-state index in [1.807, 2.05) is 19.1 Å². The Balaban J connectivity index is 2.11. The zero-order valence-electron chi connectivity index (χ0n) is 11.1. The average Bonchev–Trinajstić information content (AvgIpc) is 2.32. The molecule has 2 heteroatoms. The fourth-order valence-electron chi connectivity index (χ4n) is 1.92. The second-order valence-corrected chi connectivity index (χ2v) is 4.64. The number of rotatable bonds is 8. The Hall–Kier alpha value is -0.890. The minimum Gasteiger partial charge on any atom is -0.317 e. The summed E-state index contributed by atoms with van der Waals surface area (Å²) in [6.07, 6.45) is 5.94. The van der Waals surface area contributed by atoms with Gasteiger partial charge in [-0.15, -0.1) is 0 Å². The minimum atomic E-state index is -0.0995. The average molecular weight is 237 g/mol. The van der Waals surface area contributed by atoms with Gasteiger partial charge in [-0.3, -0.25) is 0 Å². The molecule has 0 atom stereocenters. The van der Waals surface area contributed by atoms with Gasteiger partial charge in [-0.25, -0.2) is 4.39 Å². The molecule has 0 aromatic heterocycles. The van der Waals surface area contributed by atoms with Crippen molar-refractivity contribution in [3.8, 4) is 0 Å². The third-order valence-corrected chi connectivity index (χ3v) is 2.97. The molecule has 96 valence electrons. The molecule has 0 saturated carbocycles. The number of aryl methyl sites for hydroxylation is 2. The summed E-state index contributed by atoms with van der Waals surface area (Å²) in [7, 11) is 0. The van der Waals surface area contributed by atoms with Crippen LogP contribution in [-0.4, -0.2) is 13.1 Å². The Kier molecular flexibility index (Phi) is 6.87. The molecule has 0 aliphatic carbocycles. The maximum Gasteiger partial charge on any atom is 0.126 e. The van der Waals surface area contributed by atoms with Crippen LogP contribution in [0.3, 0.4) is 0 Å². The van der Waals surface area contributed by atoms with Crippen molar-refractivity contribution in [3.05, 3.63) is 35.1 Å². The highest BCUT2D eigenvalue weighted by Crippen LogP contribution is 2.12. The SMILES string of the molecule is CCCNCCCCCc1ccc(F)c(C)c1. The van der Waals surface area contributed by atoms with Gasteiger partial charge in [-0.1, -0.05) is 25.5 Å². The highest BCUT2D eigenvalue weighted by molar-refractivity contribution is 5.23. The van der Waals surface area contributed by atoms with Crippen LogP contribution in [0.2, 0.25) is 0 Å². The molecule has 0 aliphatic heterocycles. The van der Waals surface area contributed by atoms with Crippen molar-refractivity contribution in [3.63, 3.8) is 0 Å². The van der Waals surface area contributed by atoms with Crippen molar-refractivity contribution >= 4 is 0 Å². The summed E-state index contributed by atoms with van der Waals surface area (Å²) >= 11 is 0. The fourth-order valence-corrected chi connectivity index (χ4v) is 1.92. The molecule has 1 aromatic carbocycles. The van der Waals surface area contributed by atoms with E-state index in [2.05, 4.69) is 12.2 Å². The maximum absolute atomic E-state index is 13.1. The molecule has 0 aliphatic rings. The number of hydrogen-bond donors (Lipinski definition) is 1. The van der Waals surface area contributed by atoms with Crippen molar-refractivity contribution in [2.45, 2.75) is 46.0 Å². The Morgan fingerprint density at radius 1 is 1.12 bits per heavy atom. The van der Waals surface area contributed by atoms with E-state index in [1.54, 1.807) is 6.07 Å². The lowest BCUT2D eigenvalue weighted by atomic mass is 10.0. The number of hydrogen-bond acceptors (Lipinski definition) is 1. The highest BCUT2D eigenvalue weighted by atomic mass is 19.1. The van der Waals surface area contributed by atoms with Crippen LogP contribution >= 0.6 is 0 Å². The molecule has 1 rings (SSSR count). The monoisotopic (exact) mass is 237 g/mol. The topological polar surface area (TPSA) is 12.0 Å². The quantitative estimate of drug-likeness (QED) is 0.677. The van der Waals surface area contributed by atoms with Crippen LogP contribution in [-0.2, 0) is 6.42 Å². The molecule has 1 N–H and O–H groups in total. The van der Waals surface area contributed by atoms with E-state index in [-0.39, 0.29) is 5.82 Å².